The number of Topliss-reactive ketones (excluding diaryl/α,β-unsaturated/α-hetero) is 1. The zero-order valence-corrected chi connectivity index (χ0v) is 17.8. The maximum Gasteiger partial charge on any atom is 0.232 e. The number of nitrogens with one attached hydrogen (secondary N) is 2. The molecular weight excluding hydrogens is 372 g/mol. The van der Waals surface area contributed by atoms with Crippen molar-refractivity contribution in [3.63, 3.8) is 0 Å². The normalized spacial score (nSPS) is 8.89. The lowest BCUT2D eigenvalue weighted by Gasteiger charge is -2.07. The monoisotopic (exact) mass is 400 g/mol. The van der Waals surface area contributed by atoms with Crippen molar-refractivity contribution in [2.45, 2.75) is 27.2 Å². The Balaban J connectivity index is 0.000000906. The van der Waals surface area contributed by atoms with Gasteiger partial charge in [-0.15, -0.1) is 0 Å². The Morgan fingerprint density at radius 1 is 1.07 bits per heavy atom. The van der Waals surface area contributed by atoms with Gasteiger partial charge in [0.1, 0.15) is 0 Å². The molecule has 2 rings (SSSR count). The average molecular weight is 401 g/mol. The van der Waals surface area contributed by atoms with E-state index in [4.69, 9.17) is 11.6 Å². The number of allylic oxidation sites excluding steroid dienone is 2. The molecule has 5 heteroatoms. The number of hydrogen-bond donors (Lipinski definition) is 2. The van der Waals surface area contributed by atoms with Gasteiger partial charge >= 0.3 is 0 Å². The van der Waals surface area contributed by atoms with Crippen molar-refractivity contribution in [1.82, 2.24) is 0 Å². The molecule has 150 valence electrons. The van der Waals surface area contributed by atoms with Crippen LogP contribution in [-0.2, 0) is 4.79 Å². The highest BCUT2D eigenvalue weighted by Crippen LogP contribution is 2.20. The van der Waals surface area contributed by atoms with Crippen LogP contribution >= 0.6 is 11.6 Å². The molecular formula is C23H29ClN2O2. The maximum absolute atomic E-state index is 12.0. The minimum atomic E-state index is -0.384. The molecule has 2 aromatic carbocycles. The maximum atomic E-state index is 12.0. The number of anilines is 2. The molecule has 1 amide bonds. The van der Waals surface area contributed by atoms with E-state index in [0.717, 1.165) is 11.3 Å². The Labute approximate surface area is 173 Å². The van der Waals surface area contributed by atoms with Crippen LogP contribution in [0.2, 0.25) is 5.02 Å². The fourth-order valence-electron chi connectivity index (χ4n) is 1.83. The summed E-state index contributed by atoms with van der Waals surface area (Å²) in [5, 5.41) is 6.04. The van der Waals surface area contributed by atoms with Gasteiger partial charge in [0, 0.05) is 18.3 Å². The van der Waals surface area contributed by atoms with E-state index in [1.54, 1.807) is 61.7 Å². The number of para-hydroxylation sites is 1. The van der Waals surface area contributed by atoms with Crippen molar-refractivity contribution in [2.24, 2.45) is 0 Å². The van der Waals surface area contributed by atoms with Crippen LogP contribution in [0.3, 0.4) is 0 Å². The second kappa shape index (κ2) is 14.2. The molecule has 0 saturated heterocycles. The fraction of sp³-hybridized carbons (Fsp3) is 0.217. The predicted molar refractivity (Wildman–Crippen MR) is 121 cm³/mol. The number of carbonyl (C=O) groups excluding carboxylic acids is 2. The first-order valence-corrected chi connectivity index (χ1v) is 9.38. The van der Waals surface area contributed by atoms with E-state index in [1.165, 1.54) is 0 Å². The van der Waals surface area contributed by atoms with Gasteiger partial charge in [-0.05, 0) is 43.3 Å². The number of carbonyl (C=O) groups is 2. The third kappa shape index (κ3) is 9.74. The molecule has 4 nitrogen and oxygen atoms in total. The van der Waals surface area contributed by atoms with E-state index < -0.39 is 0 Å². The number of hydrogen-bond acceptors (Lipinski definition) is 3. The van der Waals surface area contributed by atoms with Gasteiger partial charge in [0.05, 0.1) is 17.1 Å². The number of benzene rings is 2. The number of ketones is 1. The van der Waals surface area contributed by atoms with Crippen molar-refractivity contribution < 1.29 is 9.59 Å². The third-order valence-electron chi connectivity index (χ3n) is 3.31. The van der Waals surface area contributed by atoms with Crippen molar-refractivity contribution >= 4 is 34.7 Å². The van der Waals surface area contributed by atoms with Gasteiger partial charge in [-0.1, -0.05) is 62.4 Å². The lowest BCUT2D eigenvalue weighted by molar-refractivity contribution is -0.115. The van der Waals surface area contributed by atoms with Gasteiger partial charge in [0.2, 0.25) is 5.91 Å². The van der Waals surface area contributed by atoms with Crippen LogP contribution in [0.4, 0.5) is 11.4 Å². The molecule has 0 bridgehead atoms. The van der Waals surface area contributed by atoms with Gasteiger partial charge in [0.25, 0.3) is 0 Å². The van der Waals surface area contributed by atoms with E-state index in [9.17, 15) is 9.59 Å². The van der Waals surface area contributed by atoms with Crippen LogP contribution in [0.1, 0.15) is 37.6 Å². The first kappa shape index (κ1) is 25.2. The Morgan fingerprint density at radius 2 is 1.61 bits per heavy atom. The fourth-order valence-corrected chi connectivity index (χ4v) is 2.01. The van der Waals surface area contributed by atoms with Crippen LogP contribution in [0.25, 0.3) is 0 Å². The summed E-state index contributed by atoms with van der Waals surface area (Å²) in [5.41, 5.74) is 2.93. The first-order valence-electron chi connectivity index (χ1n) is 9.00. The molecule has 2 N–H and O–H groups in total. The highest BCUT2D eigenvalue weighted by molar-refractivity contribution is 6.33. The van der Waals surface area contributed by atoms with Crippen molar-refractivity contribution in [3.05, 3.63) is 83.9 Å². The standard InChI is InChI=1S/C16H15ClN2O2.C5H8.C2H6/c1-18-12-8-6-11(7-9-12)15(20)10-16(21)19-14-5-3-2-4-13(14)17;1-4-5(2)3;1-2/h2-9,18H,10H2,1H3,(H,19,21);4H,1-2H2,3H3;1-2H3. The molecule has 0 aliphatic rings. The summed E-state index contributed by atoms with van der Waals surface area (Å²) >= 11 is 5.95. The van der Waals surface area contributed by atoms with Crippen molar-refractivity contribution in [1.29, 1.82) is 0 Å². The summed E-state index contributed by atoms with van der Waals surface area (Å²) in [6.07, 6.45) is 1.50. The van der Waals surface area contributed by atoms with Crippen LogP contribution in [0.5, 0.6) is 0 Å². The molecule has 0 saturated carbocycles. The summed E-state index contributed by atoms with van der Waals surface area (Å²) in [6.45, 7) is 12.9. The molecule has 0 aromatic heterocycles. The zero-order valence-electron chi connectivity index (χ0n) is 17.0. The summed E-state index contributed by atoms with van der Waals surface area (Å²) in [7, 11) is 1.80. The summed E-state index contributed by atoms with van der Waals surface area (Å²) in [6, 6.07) is 13.9. The molecule has 0 atom stereocenters. The molecule has 0 aliphatic heterocycles. The third-order valence-corrected chi connectivity index (χ3v) is 3.64. The van der Waals surface area contributed by atoms with Crippen LogP contribution < -0.4 is 10.6 Å². The molecule has 0 heterocycles. The Morgan fingerprint density at radius 3 is 2.07 bits per heavy atom. The van der Waals surface area contributed by atoms with Gasteiger partial charge < -0.3 is 10.6 Å². The Kier molecular flexibility index (Phi) is 12.8. The van der Waals surface area contributed by atoms with Crippen molar-refractivity contribution in [3.8, 4) is 0 Å². The summed E-state index contributed by atoms with van der Waals surface area (Å²) in [5.74, 6) is -0.618. The van der Waals surface area contributed by atoms with Crippen LogP contribution in [0.15, 0.2) is 73.3 Å². The van der Waals surface area contributed by atoms with E-state index in [1.807, 2.05) is 20.8 Å². The first-order chi connectivity index (χ1) is 13.4. The molecule has 0 radical (unpaired) electrons. The SMILES string of the molecule is C=CC(=C)C.CC.CNc1ccc(C(=O)CC(=O)Nc2ccccc2Cl)cc1. The van der Waals surface area contributed by atoms with Crippen molar-refractivity contribution in [2.75, 3.05) is 17.7 Å². The quantitative estimate of drug-likeness (QED) is 0.336. The number of amides is 1. The molecule has 0 fully saturated rings. The minimum absolute atomic E-state index is 0.218. The van der Waals surface area contributed by atoms with Gasteiger partial charge in [0.15, 0.2) is 5.78 Å². The van der Waals surface area contributed by atoms with E-state index in [2.05, 4.69) is 23.8 Å². The zero-order chi connectivity index (χ0) is 21.5. The summed E-state index contributed by atoms with van der Waals surface area (Å²) in [4.78, 5) is 23.9. The average Bonchev–Trinajstić information content (AvgIpc) is 2.71. The van der Waals surface area contributed by atoms with Crippen LogP contribution in [0, 0.1) is 0 Å². The molecule has 28 heavy (non-hydrogen) atoms. The minimum Gasteiger partial charge on any atom is -0.388 e. The lowest BCUT2D eigenvalue weighted by atomic mass is 10.1. The Hall–Kier alpha value is -2.85. The lowest BCUT2D eigenvalue weighted by Crippen LogP contribution is -2.16. The van der Waals surface area contributed by atoms with Crippen LogP contribution in [-0.4, -0.2) is 18.7 Å². The van der Waals surface area contributed by atoms with Gasteiger partial charge in [-0.2, -0.15) is 0 Å². The predicted octanol–water partition coefficient (Wildman–Crippen LogP) is 6.37. The second-order valence-corrected chi connectivity index (χ2v) is 5.91. The van der Waals surface area contributed by atoms with Gasteiger partial charge in [-0.25, -0.2) is 0 Å². The topological polar surface area (TPSA) is 58.2 Å². The van der Waals surface area contributed by atoms with E-state index >= 15 is 0 Å². The van der Waals surface area contributed by atoms with E-state index in [-0.39, 0.29) is 18.1 Å². The highest BCUT2D eigenvalue weighted by Gasteiger charge is 2.13. The second-order valence-electron chi connectivity index (χ2n) is 5.51. The molecule has 0 aliphatic carbocycles. The molecule has 0 spiro atoms. The van der Waals surface area contributed by atoms with Gasteiger partial charge in [-0.3, -0.25) is 9.59 Å². The largest absolute Gasteiger partial charge is 0.388 e. The number of halogens is 1. The Bertz CT molecular complexity index is 783. The highest BCUT2D eigenvalue weighted by atomic mass is 35.5. The number of rotatable bonds is 6. The summed E-state index contributed by atoms with van der Waals surface area (Å²) < 4.78 is 0. The smallest absolute Gasteiger partial charge is 0.232 e. The molecule has 0 unspecified atom stereocenters. The van der Waals surface area contributed by atoms with E-state index in [0.29, 0.717) is 16.3 Å². The molecule has 2 aromatic rings.